The van der Waals surface area contributed by atoms with Gasteiger partial charge in [0.2, 0.25) is 11.7 Å². The minimum absolute atomic E-state index is 0.0285. The molecule has 0 bridgehead atoms. The molecule has 1 aromatic heterocycles. The SMILES string of the molecule is O=C(O)CN(CCc1ccc(Cl)cc1)C(=O)Cn1c(C(F)(F)F)nc2ccccc21. The van der Waals surface area contributed by atoms with Crippen molar-refractivity contribution in [2.24, 2.45) is 0 Å². The molecule has 2 aromatic carbocycles. The molecule has 30 heavy (non-hydrogen) atoms. The number of carboxylic acid groups (broad SMARTS) is 1. The lowest BCUT2D eigenvalue weighted by Crippen LogP contribution is -2.39. The number of aromatic nitrogens is 2. The summed E-state index contributed by atoms with van der Waals surface area (Å²) in [6, 6.07) is 12.7. The van der Waals surface area contributed by atoms with Crippen molar-refractivity contribution < 1.29 is 27.9 Å². The fourth-order valence-corrected chi connectivity index (χ4v) is 3.18. The number of carbonyl (C=O) groups is 2. The third-order valence-corrected chi connectivity index (χ3v) is 4.72. The molecule has 0 aliphatic rings. The topological polar surface area (TPSA) is 75.4 Å². The van der Waals surface area contributed by atoms with Crippen molar-refractivity contribution in [3.8, 4) is 0 Å². The van der Waals surface area contributed by atoms with Crippen LogP contribution in [0.4, 0.5) is 13.2 Å². The predicted octanol–water partition coefficient (Wildman–Crippen LogP) is 3.86. The van der Waals surface area contributed by atoms with Gasteiger partial charge < -0.3 is 14.6 Å². The molecular formula is C20H17ClF3N3O3. The molecule has 3 aromatic rings. The van der Waals surface area contributed by atoms with Gasteiger partial charge in [0.25, 0.3) is 0 Å². The maximum Gasteiger partial charge on any atom is 0.449 e. The second-order valence-electron chi connectivity index (χ2n) is 6.59. The van der Waals surface area contributed by atoms with Crippen LogP contribution in [0.15, 0.2) is 48.5 Å². The van der Waals surface area contributed by atoms with E-state index in [4.69, 9.17) is 16.7 Å². The number of imidazole rings is 1. The van der Waals surface area contributed by atoms with Gasteiger partial charge in [-0.1, -0.05) is 35.9 Å². The number of amides is 1. The van der Waals surface area contributed by atoms with Gasteiger partial charge in [0.05, 0.1) is 11.0 Å². The second-order valence-corrected chi connectivity index (χ2v) is 7.03. The number of rotatable bonds is 7. The summed E-state index contributed by atoms with van der Waals surface area (Å²) in [5.74, 6) is -3.21. The molecule has 0 unspecified atom stereocenters. The molecular weight excluding hydrogens is 423 g/mol. The number of aliphatic carboxylic acids is 1. The summed E-state index contributed by atoms with van der Waals surface area (Å²) in [6.45, 7) is -1.27. The molecule has 0 aliphatic heterocycles. The maximum absolute atomic E-state index is 13.4. The summed E-state index contributed by atoms with van der Waals surface area (Å²) < 4.78 is 41.1. The molecule has 0 spiro atoms. The summed E-state index contributed by atoms with van der Waals surface area (Å²) >= 11 is 5.83. The highest BCUT2D eigenvalue weighted by Gasteiger charge is 2.38. The van der Waals surface area contributed by atoms with Gasteiger partial charge in [-0.25, -0.2) is 4.98 Å². The van der Waals surface area contributed by atoms with Crippen LogP contribution in [0.2, 0.25) is 5.02 Å². The van der Waals surface area contributed by atoms with Crippen molar-refractivity contribution in [1.29, 1.82) is 0 Å². The largest absolute Gasteiger partial charge is 0.480 e. The van der Waals surface area contributed by atoms with Crippen molar-refractivity contribution in [1.82, 2.24) is 14.5 Å². The van der Waals surface area contributed by atoms with Crippen LogP contribution in [0, 0.1) is 0 Å². The van der Waals surface area contributed by atoms with Gasteiger partial charge in [-0.05, 0) is 36.2 Å². The van der Waals surface area contributed by atoms with Crippen LogP contribution < -0.4 is 0 Å². The Balaban J connectivity index is 1.85. The van der Waals surface area contributed by atoms with E-state index in [1.54, 1.807) is 36.4 Å². The predicted molar refractivity (Wildman–Crippen MR) is 104 cm³/mol. The Morgan fingerprint density at radius 3 is 2.40 bits per heavy atom. The summed E-state index contributed by atoms with van der Waals surface area (Å²) in [5.41, 5.74) is 1.06. The number of alkyl halides is 3. The van der Waals surface area contributed by atoms with E-state index < -0.39 is 37.0 Å². The highest BCUT2D eigenvalue weighted by atomic mass is 35.5. The lowest BCUT2D eigenvalue weighted by molar-refractivity contribution is -0.149. The minimum Gasteiger partial charge on any atom is -0.480 e. The van der Waals surface area contributed by atoms with Gasteiger partial charge in [-0.3, -0.25) is 9.59 Å². The van der Waals surface area contributed by atoms with Crippen molar-refractivity contribution in [2.45, 2.75) is 19.1 Å². The van der Waals surface area contributed by atoms with E-state index in [1.807, 2.05) is 0 Å². The first-order valence-corrected chi connectivity index (χ1v) is 9.29. The number of halogens is 4. The summed E-state index contributed by atoms with van der Waals surface area (Å²) in [5, 5.41) is 9.67. The first-order valence-electron chi connectivity index (χ1n) is 8.91. The second kappa shape index (κ2) is 8.74. The third kappa shape index (κ3) is 5.10. The number of nitrogens with zero attached hydrogens (tertiary/aromatic N) is 3. The van der Waals surface area contributed by atoms with Gasteiger partial charge in [-0.15, -0.1) is 0 Å². The molecule has 10 heteroatoms. The van der Waals surface area contributed by atoms with E-state index in [9.17, 15) is 22.8 Å². The maximum atomic E-state index is 13.4. The lowest BCUT2D eigenvalue weighted by Gasteiger charge is -2.22. The van der Waals surface area contributed by atoms with Gasteiger partial charge in [0.1, 0.15) is 13.1 Å². The van der Waals surface area contributed by atoms with Crippen molar-refractivity contribution in [3.05, 3.63) is 64.9 Å². The molecule has 3 rings (SSSR count). The van der Waals surface area contributed by atoms with Gasteiger partial charge >= 0.3 is 12.1 Å². The number of hydrogen-bond acceptors (Lipinski definition) is 3. The van der Waals surface area contributed by atoms with E-state index in [-0.39, 0.29) is 17.6 Å². The first-order chi connectivity index (χ1) is 14.1. The Kier molecular flexibility index (Phi) is 6.31. The number of fused-ring (bicyclic) bond motifs is 1. The lowest BCUT2D eigenvalue weighted by atomic mass is 10.1. The Labute approximate surface area is 174 Å². The number of benzene rings is 2. The van der Waals surface area contributed by atoms with Crippen LogP contribution in [0.25, 0.3) is 11.0 Å². The molecule has 0 radical (unpaired) electrons. The molecule has 0 saturated carbocycles. The van der Waals surface area contributed by atoms with Crippen molar-refractivity contribution in [2.75, 3.05) is 13.1 Å². The van der Waals surface area contributed by atoms with Crippen LogP contribution in [0.1, 0.15) is 11.4 Å². The number of carboxylic acids is 1. The molecule has 0 saturated heterocycles. The van der Waals surface area contributed by atoms with Crippen LogP contribution in [-0.2, 0) is 28.7 Å². The van der Waals surface area contributed by atoms with Gasteiger partial charge in [0, 0.05) is 11.6 Å². The fourth-order valence-electron chi connectivity index (χ4n) is 3.06. The van der Waals surface area contributed by atoms with Crippen molar-refractivity contribution in [3.63, 3.8) is 0 Å². The monoisotopic (exact) mass is 439 g/mol. The zero-order valence-electron chi connectivity index (χ0n) is 15.6. The molecule has 1 N–H and O–H groups in total. The van der Waals surface area contributed by atoms with E-state index in [2.05, 4.69) is 4.98 Å². The third-order valence-electron chi connectivity index (χ3n) is 4.46. The van der Waals surface area contributed by atoms with Crippen LogP contribution in [0.3, 0.4) is 0 Å². The van der Waals surface area contributed by atoms with Gasteiger partial charge in [0.15, 0.2) is 0 Å². The molecule has 0 atom stereocenters. The molecule has 158 valence electrons. The first kappa shape index (κ1) is 21.6. The average molecular weight is 440 g/mol. The normalized spacial score (nSPS) is 11.6. The highest BCUT2D eigenvalue weighted by molar-refractivity contribution is 6.30. The van der Waals surface area contributed by atoms with E-state index in [0.717, 1.165) is 15.0 Å². The standard InChI is InChI=1S/C20H17ClF3N3O3/c21-14-7-5-13(6-8-14)9-10-26(12-18(29)30)17(28)11-27-16-4-2-1-3-15(16)25-19(27)20(22,23)24/h1-8H,9-12H2,(H,29,30). The summed E-state index contributed by atoms with van der Waals surface area (Å²) in [7, 11) is 0. The highest BCUT2D eigenvalue weighted by Crippen LogP contribution is 2.31. The quantitative estimate of drug-likeness (QED) is 0.606. The number of hydrogen-bond donors (Lipinski definition) is 1. The Morgan fingerprint density at radius 2 is 1.77 bits per heavy atom. The average Bonchev–Trinajstić information content (AvgIpc) is 3.05. The summed E-state index contributed by atoms with van der Waals surface area (Å²) in [6.07, 6.45) is -4.44. The van der Waals surface area contributed by atoms with Crippen LogP contribution in [0.5, 0.6) is 0 Å². The van der Waals surface area contributed by atoms with Gasteiger partial charge in [-0.2, -0.15) is 13.2 Å². The Morgan fingerprint density at radius 1 is 1.10 bits per heavy atom. The van der Waals surface area contributed by atoms with E-state index >= 15 is 0 Å². The van der Waals surface area contributed by atoms with Crippen molar-refractivity contribution >= 4 is 34.5 Å². The number of carbonyl (C=O) groups excluding carboxylic acids is 1. The Hall–Kier alpha value is -3.07. The molecule has 6 nitrogen and oxygen atoms in total. The molecule has 1 heterocycles. The van der Waals surface area contributed by atoms with Crippen LogP contribution >= 0.6 is 11.6 Å². The molecule has 0 aliphatic carbocycles. The summed E-state index contributed by atoms with van der Waals surface area (Å²) in [4.78, 5) is 28.6. The van der Waals surface area contributed by atoms with Crippen LogP contribution in [-0.4, -0.2) is 44.5 Å². The number of para-hydroxylation sites is 2. The smallest absolute Gasteiger partial charge is 0.449 e. The minimum atomic E-state index is -4.76. The van der Waals surface area contributed by atoms with E-state index in [0.29, 0.717) is 11.4 Å². The zero-order chi connectivity index (χ0) is 21.9. The molecule has 0 fully saturated rings. The molecule has 1 amide bonds. The van der Waals surface area contributed by atoms with E-state index in [1.165, 1.54) is 12.1 Å². The zero-order valence-corrected chi connectivity index (χ0v) is 16.3. The Bertz CT molecular complexity index is 1060. The fraction of sp³-hybridized carbons (Fsp3) is 0.250.